The van der Waals surface area contributed by atoms with E-state index in [4.69, 9.17) is 39.1 Å². The van der Waals surface area contributed by atoms with Gasteiger partial charge in [-0.1, -0.05) is 23.2 Å². The van der Waals surface area contributed by atoms with Crippen LogP contribution in [0.3, 0.4) is 0 Å². The SMILES string of the molecule is C[C@@H](Oc1ccc(N)c(C(=N)c2cnc(N3CCC4(CCN(C)C4=O)CC3)nc2)c1)c1c(Cl)cncc1Cl. The lowest BCUT2D eigenvalue weighted by Crippen LogP contribution is -2.44. The lowest BCUT2D eigenvalue weighted by atomic mass is 9.77. The molecule has 0 bridgehead atoms. The summed E-state index contributed by atoms with van der Waals surface area (Å²) in [4.78, 5) is 29.6. The van der Waals surface area contributed by atoms with Crippen molar-refractivity contribution in [3.05, 3.63) is 69.7 Å². The monoisotopic (exact) mass is 553 g/mol. The van der Waals surface area contributed by atoms with Crippen molar-refractivity contribution in [2.75, 3.05) is 37.3 Å². The van der Waals surface area contributed by atoms with E-state index in [0.717, 1.165) is 38.9 Å². The van der Waals surface area contributed by atoms with Crippen LogP contribution >= 0.6 is 23.2 Å². The van der Waals surface area contributed by atoms with Gasteiger partial charge in [-0.05, 0) is 44.4 Å². The molecule has 1 atom stereocenters. The van der Waals surface area contributed by atoms with Crippen LogP contribution in [0.1, 0.15) is 49.0 Å². The van der Waals surface area contributed by atoms with Crippen LogP contribution in [-0.2, 0) is 4.79 Å². The average Bonchev–Trinajstić information content (AvgIpc) is 3.18. The zero-order valence-electron chi connectivity index (χ0n) is 21.2. The van der Waals surface area contributed by atoms with E-state index in [1.165, 1.54) is 12.4 Å². The predicted octanol–water partition coefficient (Wildman–Crippen LogP) is 4.77. The number of carbonyl (C=O) groups is 1. The molecule has 4 heterocycles. The summed E-state index contributed by atoms with van der Waals surface area (Å²) >= 11 is 12.5. The number of hydrogen-bond acceptors (Lipinski definition) is 8. The summed E-state index contributed by atoms with van der Waals surface area (Å²) in [5.41, 5.74) is 8.27. The number of benzene rings is 1. The number of likely N-dealkylation sites (tertiary alicyclic amines) is 1. The maximum Gasteiger partial charge on any atom is 0.228 e. The van der Waals surface area contributed by atoms with E-state index in [2.05, 4.69) is 19.9 Å². The minimum absolute atomic E-state index is 0.185. The number of rotatable bonds is 6. The van der Waals surface area contributed by atoms with Gasteiger partial charge < -0.3 is 20.3 Å². The van der Waals surface area contributed by atoms with Crippen molar-refractivity contribution in [3.8, 4) is 5.75 Å². The Morgan fingerprint density at radius 2 is 1.71 bits per heavy atom. The lowest BCUT2D eigenvalue weighted by Gasteiger charge is -2.37. The van der Waals surface area contributed by atoms with Crippen molar-refractivity contribution in [1.82, 2.24) is 19.9 Å². The Morgan fingerprint density at radius 1 is 1.08 bits per heavy atom. The highest BCUT2D eigenvalue weighted by molar-refractivity contribution is 6.35. The molecular weight excluding hydrogens is 525 g/mol. The van der Waals surface area contributed by atoms with Crippen LogP contribution in [0.2, 0.25) is 10.0 Å². The fourth-order valence-electron chi connectivity index (χ4n) is 5.26. The largest absolute Gasteiger partial charge is 0.486 e. The van der Waals surface area contributed by atoms with E-state index in [0.29, 0.717) is 44.1 Å². The van der Waals surface area contributed by atoms with Gasteiger partial charge in [0.2, 0.25) is 11.9 Å². The van der Waals surface area contributed by atoms with Gasteiger partial charge in [-0.3, -0.25) is 15.2 Å². The van der Waals surface area contributed by atoms with Gasteiger partial charge in [0, 0.05) is 73.8 Å². The van der Waals surface area contributed by atoms with Crippen molar-refractivity contribution in [2.24, 2.45) is 5.41 Å². The number of aromatic nitrogens is 3. The summed E-state index contributed by atoms with van der Waals surface area (Å²) in [6.07, 6.45) is 8.37. The van der Waals surface area contributed by atoms with Gasteiger partial charge in [0.1, 0.15) is 11.9 Å². The van der Waals surface area contributed by atoms with Gasteiger partial charge in [0.15, 0.2) is 0 Å². The molecule has 1 spiro atoms. The summed E-state index contributed by atoms with van der Waals surface area (Å²) in [6, 6.07) is 5.15. The summed E-state index contributed by atoms with van der Waals surface area (Å²) < 4.78 is 6.08. The van der Waals surface area contributed by atoms with Gasteiger partial charge in [-0.2, -0.15) is 0 Å². The van der Waals surface area contributed by atoms with Crippen molar-refractivity contribution in [2.45, 2.75) is 32.3 Å². The molecule has 0 aliphatic carbocycles. The zero-order chi connectivity index (χ0) is 27.0. The van der Waals surface area contributed by atoms with Crippen molar-refractivity contribution in [1.29, 1.82) is 5.41 Å². The molecule has 38 heavy (non-hydrogen) atoms. The molecule has 1 aromatic carbocycles. The number of amides is 1. The van der Waals surface area contributed by atoms with Crippen LogP contribution in [-0.4, -0.2) is 58.2 Å². The summed E-state index contributed by atoms with van der Waals surface area (Å²) in [5.74, 6) is 1.37. The number of nitrogens with one attached hydrogen (secondary N) is 1. The molecule has 2 aliphatic rings. The fourth-order valence-corrected chi connectivity index (χ4v) is 5.93. The van der Waals surface area contributed by atoms with E-state index in [1.54, 1.807) is 30.6 Å². The molecule has 3 aromatic rings. The minimum atomic E-state index is -0.449. The number of piperidine rings is 1. The number of halogens is 2. The Balaban J connectivity index is 1.28. The van der Waals surface area contributed by atoms with Crippen molar-refractivity contribution >= 4 is 46.5 Å². The highest BCUT2D eigenvalue weighted by Crippen LogP contribution is 2.41. The quantitative estimate of drug-likeness (QED) is 0.333. The molecule has 0 radical (unpaired) electrons. The second-order valence-electron chi connectivity index (χ2n) is 9.92. The molecule has 9 nitrogen and oxygen atoms in total. The Labute approximate surface area is 231 Å². The molecule has 11 heteroatoms. The zero-order valence-corrected chi connectivity index (χ0v) is 22.8. The number of ether oxygens (including phenoxy) is 1. The van der Waals surface area contributed by atoms with Crippen LogP contribution in [0.15, 0.2) is 43.0 Å². The molecule has 2 saturated heterocycles. The second-order valence-corrected chi connectivity index (χ2v) is 10.7. The Morgan fingerprint density at radius 3 is 2.32 bits per heavy atom. The molecule has 198 valence electrons. The standard InChI is InChI=1S/C27H29Cl2N7O2/c1-16(23-20(28)14-32-15-21(23)29)38-18-3-4-22(30)19(11-18)24(31)17-12-33-26(34-13-17)36-9-6-27(7-10-36)5-8-35(2)25(27)37/h3-4,11-16,31H,5-10,30H2,1-2H3/t16-/m1/s1. The second kappa shape index (κ2) is 10.4. The Kier molecular flexibility index (Phi) is 7.15. The molecule has 1 amide bonds. The summed E-state index contributed by atoms with van der Waals surface area (Å²) in [7, 11) is 1.88. The van der Waals surface area contributed by atoms with E-state index < -0.39 is 6.10 Å². The number of nitrogens with two attached hydrogens (primary N) is 1. The van der Waals surface area contributed by atoms with Crippen LogP contribution in [0, 0.1) is 10.8 Å². The number of anilines is 2. The third-order valence-electron chi connectivity index (χ3n) is 7.56. The number of nitrogens with zero attached hydrogens (tertiary/aromatic N) is 5. The molecular formula is C27H29Cl2N7O2. The maximum atomic E-state index is 12.6. The molecule has 3 N–H and O–H groups in total. The highest BCUT2D eigenvalue weighted by atomic mass is 35.5. The molecule has 2 aromatic heterocycles. The normalized spacial score (nSPS) is 17.6. The predicted molar refractivity (Wildman–Crippen MR) is 148 cm³/mol. The van der Waals surface area contributed by atoms with Gasteiger partial charge in [0.05, 0.1) is 21.2 Å². The lowest BCUT2D eigenvalue weighted by molar-refractivity contribution is -0.135. The first-order valence-electron chi connectivity index (χ1n) is 12.5. The number of carbonyl (C=O) groups excluding carboxylic acids is 1. The Hall–Kier alpha value is -3.43. The minimum Gasteiger partial charge on any atom is -0.486 e. The maximum absolute atomic E-state index is 12.6. The molecule has 5 rings (SSSR count). The van der Waals surface area contributed by atoms with Gasteiger partial charge in [0.25, 0.3) is 0 Å². The topological polar surface area (TPSA) is 121 Å². The average molecular weight is 554 g/mol. The smallest absolute Gasteiger partial charge is 0.228 e. The number of pyridine rings is 1. The van der Waals surface area contributed by atoms with E-state index >= 15 is 0 Å². The summed E-state index contributed by atoms with van der Waals surface area (Å²) in [5, 5.41) is 9.59. The first-order chi connectivity index (χ1) is 18.2. The summed E-state index contributed by atoms with van der Waals surface area (Å²) in [6.45, 7) is 4.12. The third kappa shape index (κ3) is 4.88. The first-order valence-corrected chi connectivity index (χ1v) is 13.2. The van der Waals surface area contributed by atoms with Crippen LogP contribution in [0.5, 0.6) is 5.75 Å². The first kappa shape index (κ1) is 26.2. The van der Waals surface area contributed by atoms with Crippen LogP contribution < -0.4 is 15.4 Å². The van der Waals surface area contributed by atoms with E-state index in [-0.39, 0.29) is 17.0 Å². The fraction of sp³-hybridized carbons (Fsp3) is 0.370. The van der Waals surface area contributed by atoms with Crippen molar-refractivity contribution < 1.29 is 9.53 Å². The van der Waals surface area contributed by atoms with Crippen LogP contribution in [0.25, 0.3) is 0 Å². The third-order valence-corrected chi connectivity index (χ3v) is 8.16. The number of nitrogen functional groups attached to an aromatic ring is 1. The van der Waals surface area contributed by atoms with Crippen molar-refractivity contribution in [3.63, 3.8) is 0 Å². The van der Waals surface area contributed by atoms with E-state index in [1.807, 2.05) is 18.9 Å². The van der Waals surface area contributed by atoms with E-state index in [9.17, 15) is 4.79 Å². The molecule has 0 saturated carbocycles. The number of hydrogen-bond donors (Lipinski definition) is 2. The van der Waals surface area contributed by atoms with Crippen LogP contribution in [0.4, 0.5) is 11.6 Å². The Bertz CT molecular complexity index is 1350. The molecule has 2 fully saturated rings. The highest BCUT2D eigenvalue weighted by Gasteiger charge is 2.47. The molecule has 0 unspecified atom stereocenters. The van der Waals surface area contributed by atoms with Gasteiger partial charge >= 0.3 is 0 Å². The van der Waals surface area contributed by atoms with Gasteiger partial charge in [-0.15, -0.1) is 0 Å². The molecule has 2 aliphatic heterocycles. The van der Waals surface area contributed by atoms with Gasteiger partial charge in [-0.25, -0.2) is 9.97 Å².